The molecule has 0 spiro atoms. The number of anilines is 1. The van der Waals surface area contributed by atoms with E-state index in [1.54, 1.807) is 17.8 Å². The van der Waals surface area contributed by atoms with Gasteiger partial charge in [0, 0.05) is 25.6 Å². The number of aromatic nitrogens is 2. The molecule has 0 aliphatic carbocycles. The second kappa shape index (κ2) is 5.44. The highest BCUT2D eigenvalue weighted by Crippen LogP contribution is 2.26. The van der Waals surface area contributed by atoms with Gasteiger partial charge in [0.1, 0.15) is 11.6 Å². The van der Waals surface area contributed by atoms with Crippen molar-refractivity contribution in [2.45, 2.75) is 13.3 Å². The fourth-order valence-electron chi connectivity index (χ4n) is 2.38. The Hall–Kier alpha value is -2.56. The van der Waals surface area contributed by atoms with Crippen LogP contribution in [-0.4, -0.2) is 22.3 Å². The van der Waals surface area contributed by atoms with Crippen molar-refractivity contribution in [1.82, 2.24) is 9.78 Å². The number of nitrogens with one attached hydrogen (secondary N) is 1. The Balaban J connectivity index is 1.68. The minimum absolute atomic E-state index is 0.172. The first-order chi connectivity index (χ1) is 10.1. The largest absolute Gasteiger partial charge is 0.493 e. The molecule has 1 aromatic carbocycles. The van der Waals surface area contributed by atoms with Crippen LogP contribution in [0.5, 0.6) is 5.75 Å². The number of fused-ring (bicyclic) bond motifs is 1. The van der Waals surface area contributed by atoms with Gasteiger partial charge in [-0.2, -0.15) is 5.10 Å². The molecule has 1 aliphatic heterocycles. The summed E-state index contributed by atoms with van der Waals surface area (Å²) in [5.41, 5.74) is 3.06. The Morgan fingerprint density at radius 3 is 3.05 bits per heavy atom. The van der Waals surface area contributed by atoms with Gasteiger partial charge in [-0.25, -0.2) is 0 Å². The normalized spacial score (nSPS) is 13.2. The Bertz CT molecular complexity index is 716. The van der Waals surface area contributed by atoms with E-state index in [4.69, 9.17) is 4.74 Å². The molecule has 5 nitrogen and oxygen atoms in total. The summed E-state index contributed by atoms with van der Waals surface area (Å²) in [4.78, 5) is 11.9. The van der Waals surface area contributed by atoms with E-state index in [0.717, 1.165) is 30.0 Å². The van der Waals surface area contributed by atoms with Gasteiger partial charge in [-0.15, -0.1) is 0 Å². The van der Waals surface area contributed by atoms with Crippen LogP contribution in [0.25, 0.3) is 6.08 Å². The van der Waals surface area contributed by atoms with E-state index < -0.39 is 0 Å². The maximum absolute atomic E-state index is 11.9. The highest BCUT2D eigenvalue weighted by molar-refractivity contribution is 6.01. The third kappa shape index (κ3) is 2.97. The molecule has 1 aliphatic rings. The van der Waals surface area contributed by atoms with Crippen LogP contribution in [0.1, 0.15) is 16.8 Å². The lowest BCUT2D eigenvalue weighted by Gasteiger charge is -2.02. The van der Waals surface area contributed by atoms with E-state index in [1.807, 2.05) is 25.1 Å². The van der Waals surface area contributed by atoms with Crippen molar-refractivity contribution in [3.05, 3.63) is 47.2 Å². The average molecular weight is 283 g/mol. The summed E-state index contributed by atoms with van der Waals surface area (Å²) in [6, 6.07) is 7.78. The molecule has 5 heteroatoms. The van der Waals surface area contributed by atoms with Gasteiger partial charge >= 0.3 is 0 Å². The Labute approximate surface area is 123 Å². The summed E-state index contributed by atoms with van der Waals surface area (Å²) < 4.78 is 7.11. The highest BCUT2D eigenvalue weighted by Gasteiger charge is 2.11. The number of carbonyl (C=O) groups is 1. The third-order valence-corrected chi connectivity index (χ3v) is 3.39. The van der Waals surface area contributed by atoms with Gasteiger partial charge in [0.2, 0.25) is 5.91 Å². The van der Waals surface area contributed by atoms with E-state index in [0.29, 0.717) is 5.82 Å². The molecule has 0 fully saturated rings. The van der Waals surface area contributed by atoms with Crippen LogP contribution in [0.15, 0.2) is 30.3 Å². The van der Waals surface area contributed by atoms with Gasteiger partial charge in [-0.3, -0.25) is 9.48 Å². The minimum atomic E-state index is -0.172. The summed E-state index contributed by atoms with van der Waals surface area (Å²) >= 11 is 0. The molecule has 0 bridgehead atoms. The summed E-state index contributed by atoms with van der Waals surface area (Å²) in [6.45, 7) is 2.63. The van der Waals surface area contributed by atoms with Crippen LogP contribution in [0.2, 0.25) is 0 Å². The van der Waals surface area contributed by atoms with Gasteiger partial charge in [0.05, 0.1) is 12.3 Å². The Kier molecular flexibility index (Phi) is 3.48. The smallest absolute Gasteiger partial charge is 0.249 e. The number of ether oxygens (including phenoxy) is 1. The maximum atomic E-state index is 11.9. The summed E-state index contributed by atoms with van der Waals surface area (Å²) in [5, 5.41) is 6.99. The van der Waals surface area contributed by atoms with Crippen LogP contribution < -0.4 is 10.1 Å². The van der Waals surface area contributed by atoms with Gasteiger partial charge in [-0.1, -0.05) is 6.07 Å². The molecule has 3 rings (SSSR count). The van der Waals surface area contributed by atoms with Crippen molar-refractivity contribution in [3.8, 4) is 5.75 Å². The van der Waals surface area contributed by atoms with Crippen molar-refractivity contribution >= 4 is 17.8 Å². The lowest BCUT2D eigenvalue weighted by atomic mass is 10.1. The van der Waals surface area contributed by atoms with Crippen molar-refractivity contribution in [1.29, 1.82) is 0 Å². The third-order valence-electron chi connectivity index (χ3n) is 3.39. The molecule has 21 heavy (non-hydrogen) atoms. The molecule has 2 heterocycles. The fourth-order valence-corrected chi connectivity index (χ4v) is 2.38. The molecule has 0 unspecified atom stereocenters. The van der Waals surface area contributed by atoms with E-state index in [1.165, 1.54) is 11.6 Å². The van der Waals surface area contributed by atoms with Crippen molar-refractivity contribution < 1.29 is 9.53 Å². The van der Waals surface area contributed by atoms with Crippen molar-refractivity contribution in [3.63, 3.8) is 0 Å². The molecular weight excluding hydrogens is 266 g/mol. The van der Waals surface area contributed by atoms with E-state index in [2.05, 4.69) is 16.5 Å². The first-order valence-corrected chi connectivity index (χ1v) is 6.87. The van der Waals surface area contributed by atoms with Gasteiger partial charge < -0.3 is 10.1 Å². The zero-order valence-corrected chi connectivity index (χ0v) is 12.1. The molecule has 1 aromatic heterocycles. The summed E-state index contributed by atoms with van der Waals surface area (Å²) in [6.07, 6.45) is 4.26. The molecule has 0 saturated carbocycles. The van der Waals surface area contributed by atoms with Crippen LogP contribution >= 0.6 is 0 Å². The number of hydrogen-bond donors (Lipinski definition) is 1. The minimum Gasteiger partial charge on any atom is -0.493 e. The number of carbonyl (C=O) groups excluding carboxylic acids is 1. The van der Waals surface area contributed by atoms with E-state index in [9.17, 15) is 4.79 Å². The SMILES string of the molecule is Cc1cc(NC(=O)C=Cc2ccc3c(c2)CCO3)n(C)n1. The zero-order chi connectivity index (χ0) is 14.8. The van der Waals surface area contributed by atoms with Gasteiger partial charge in [0.25, 0.3) is 0 Å². The van der Waals surface area contributed by atoms with E-state index in [-0.39, 0.29) is 5.91 Å². The van der Waals surface area contributed by atoms with Crippen LogP contribution in [0.3, 0.4) is 0 Å². The zero-order valence-electron chi connectivity index (χ0n) is 12.1. The summed E-state index contributed by atoms with van der Waals surface area (Å²) in [7, 11) is 1.80. The lowest BCUT2D eigenvalue weighted by Crippen LogP contribution is -2.11. The predicted octanol–water partition coefficient (Wildman–Crippen LogP) is 2.32. The van der Waals surface area contributed by atoms with Crippen molar-refractivity contribution in [2.24, 2.45) is 7.05 Å². The molecular formula is C16H17N3O2. The lowest BCUT2D eigenvalue weighted by molar-refractivity contribution is -0.111. The number of amides is 1. The van der Waals surface area contributed by atoms with E-state index >= 15 is 0 Å². The second-order valence-electron chi connectivity index (χ2n) is 5.08. The molecule has 0 saturated heterocycles. The molecule has 108 valence electrons. The van der Waals surface area contributed by atoms with Crippen LogP contribution in [-0.2, 0) is 18.3 Å². The number of rotatable bonds is 3. The van der Waals surface area contributed by atoms with Crippen molar-refractivity contribution in [2.75, 3.05) is 11.9 Å². The number of hydrogen-bond acceptors (Lipinski definition) is 3. The maximum Gasteiger partial charge on any atom is 0.249 e. The molecule has 2 aromatic rings. The molecule has 1 N–H and O–H groups in total. The predicted molar refractivity (Wildman–Crippen MR) is 81.2 cm³/mol. The first kappa shape index (κ1) is 13.4. The Morgan fingerprint density at radius 1 is 1.43 bits per heavy atom. The average Bonchev–Trinajstić information content (AvgIpc) is 3.02. The molecule has 1 amide bonds. The van der Waals surface area contributed by atoms with Gasteiger partial charge in [0.15, 0.2) is 0 Å². The quantitative estimate of drug-likeness (QED) is 0.879. The summed E-state index contributed by atoms with van der Waals surface area (Å²) in [5.74, 6) is 1.46. The molecule has 0 radical (unpaired) electrons. The monoisotopic (exact) mass is 283 g/mol. The topological polar surface area (TPSA) is 56.1 Å². The first-order valence-electron chi connectivity index (χ1n) is 6.87. The molecule has 0 atom stereocenters. The van der Waals surface area contributed by atoms with Crippen LogP contribution in [0.4, 0.5) is 5.82 Å². The Morgan fingerprint density at radius 2 is 2.29 bits per heavy atom. The standard InChI is InChI=1S/C16H17N3O2/c1-11-9-15(19(2)18-11)17-16(20)6-4-12-3-5-14-13(10-12)7-8-21-14/h3-6,9-10H,7-8H2,1-2H3,(H,17,20). The second-order valence-corrected chi connectivity index (χ2v) is 5.08. The number of benzene rings is 1. The number of aryl methyl sites for hydroxylation is 2. The number of nitrogens with zero attached hydrogens (tertiary/aromatic N) is 2. The van der Waals surface area contributed by atoms with Gasteiger partial charge in [-0.05, 0) is 36.3 Å². The highest BCUT2D eigenvalue weighted by atomic mass is 16.5. The van der Waals surface area contributed by atoms with Crippen LogP contribution in [0, 0.1) is 6.92 Å². The fraction of sp³-hybridized carbons (Fsp3) is 0.250.